The summed E-state index contributed by atoms with van der Waals surface area (Å²) in [7, 11) is 0. The molecule has 1 N–H and O–H groups in total. The van der Waals surface area contributed by atoms with E-state index in [4.69, 9.17) is 4.74 Å². The molecule has 1 heterocycles. The Balaban J connectivity index is 1.91. The van der Waals surface area contributed by atoms with Crippen molar-refractivity contribution < 1.29 is 17.9 Å². The molecule has 1 aliphatic heterocycles. The molecule has 0 fully saturated rings. The summed E-state index contributed by atoms with van der Waals surface area (Å²) in [4.78, 5) is 4.10. The molecule has 1 aliphatic rings. The molecule has 1 atom stereocenters. The fourth-order valence-corrected chi connectivity index (χ4v) is 3.25. The van der Waals surface area contributed by atoms with E-state index in [1.165, 1.54) is 12.1 Å². The Hall–Kier alpha value is -3.28. The van der Waals surface area contributed by atoms with E-state index in [1.807, 2.05) is 25.1 Å². The molecule has 0 spiro atoms. The zero-order chi connectivity index (χ0) is 20.6. The van der Waals surface area contributed by atoms with Crippen LogP contribution in [0.3, 0.4) is 0 Å². The van der Waals surface area contributed by atoms with E-state index < -0.39 is 11.9 Å². The molecule has 0 aromatic heterocycles. The lowest BCUT2D eigenvalue weighted by Crippen LogP contribution is -2.49. The third-order valence-electron chi connectivity index (χ3n) is 4.78. The van der Waals surface area contributed by atoms with Crippen molar-refractivity contribution in [2.24, 2.45) is 4.99 Å². The third-order valence-corrected chi connectivity index (χ3v) is 4.78. The van der Waals surface area contributed by atoms with Gasteiger partial charge in [0.05, 0.1) is 5.56 Å². The van der Waals surface area contributed by atoms with Crippen molar-refractivity contribution in [2.75, 3.05) is 5.32 Å². The Morgan fingerprint density at radius 2 is 1.52 bits per heavy atom. The van der Waals surface area contributed by atoms with Crippen LogP contribution in [0.5, 0.6) is 5.75 Å². The highest BCUT2D eigenvalue weighted by Gasteiger charge is 2.61. The van der Waals surface area contributed by atoms with Gasteiger partial charge in [0, 0.05) is 11.3 Å². The molecule has 0 saturated carbocycles. The van der Waals surface area contributed by atoms with E-state index >= 15 is 0 Å². The minimum Gasteiger partial charge on any atom is -0.452 e. The largest absolute Gasteiger partial charge is 0.455 e. The highest BCUT2D eigenvalue weighted by molar-refractivity contribution is 6.10. The van der Waals surface area contributed by atoms with Crippen LogP contribution in [0, 0.1) is 13.8 Å². The van der Waals surface area contributed by atoms with Crippen molar-refractivity contribution in [3.05, 3.63) is 95.1 Å². The molecule has 0 saturated heterocycles. The Bertz CT molecular complexity index is 1060. The summed E-state index contributed by atoms with van der Waals surface area (Å²) in [5.74, 6) is 0.243. The summed E-state index contributed by atoms with van der Waals surface area (Å²) in [6, 6.07) is 20.0. The number of amidine groups is 1. The van der Waals surface area contributed by atoms with Crippen LogP contribution in [-0.2, 0) is 5.72 Å². The van der Waals surface area contributed by atoms with E-state index in [-0.39, 0.29) is 17.1 Å². The molecule has 0 bridgehead atoms. The van der Waals surface area contributed by atoms with Gasteiger partial charge in [-0.1, -0.05) is 54.1 Å². The maximum atomic E-state index is 14.4. The van der Waals surface area contributed by atoms with E-state index in [0.717, 1.165) is 11.1 Å². The van der Waals surface area contributed by atoms with Crippen LogP contribution in [0.4, 0.5) is 18.9 Å². The van der Waals surface area contributed by atoms with E-state index in [1.54, 1.807) is 49.4 Å². The average Bonchev–Trinajstić information content (AvgIpc) is 2.69. The number of ether oxygens (including phenoxy) is 1. The van der Waals surface area contributed by atoms with Crippen LogP contribution < -0.4 is 10.1 Å². The Labute approximate surface area is 166 Å². The number of anilines is 1. The number of hydrogen-bond donors (Lipinski definition) is 1. The summed E-state index contributed by atoms with van der Waals surface area (Å²) in [6.07, 6.45) is -4.77. The zero-order valence-corrected chi connectivity index (χ0v) is 15.9. The maximum absolute atomic E-state index is 14.4. The molecule has 1 unspecified atom stereocenters. The van der Waals surface area contributed by atoms with Gasteiger partial charge in [0.1, 0.15) is 11.6 Å². The second-order valence-corrected chi connectivity index (χ2v) is 7.06. The van der Waals surface area contributed by atoms with Gasteiger partial charge in [-0.3, -0.25) is 0 Å². The molecule has 29 heavy (non-hydrogen) atoms. The first-order valence-electron chi connectivity index (χ1n) is 9.14. The van der Waals surface area contributed by atoms with Crippen LogP contribution >= 0.6 is 0 Å². The monoisotopic (exact) mass is 396 g/mol. The number of alkyl halides is 3. The van der Waals surface area contributed by atoms with E-state index in [2.05, 4.69) is 10.3 Å². The standard InChI is InChI=1S/C23H19F3N2O/c1-15-8-11-18(12-9-15)27-21-19-13-10-16(2)14-20(19)29-22(28-21,23(24,25)26)17-6-4-3-5-7-17/h3-14H,1-2H3,(H,27,28). The first-order chi connectivity index (χ1) is 13.8. The third kappa shape index (κ3) is 3.46. The van der Waals surface area contributed by atoms with Gasteiger partial charge in [-0.25, -0.2) is 4.99 Å². The lowest BCUT2D eigenvalue weighted by molar-refractivity contribution is -0.252. The van der Waals surface area contributed by atoms with Crippen LogP contribution in [0.2, 0.25) is 0 Å². The van der Waals surface area contributed by atoms with Gasteiger partial charge in [-0.15, -0.1) is 0 Å². The van der Waals surface area contributed by atoms with Crippen molar-refractivity contribution in [1.29, 1.82) is 0 Å². The quantitative estimate of drug-likeness (QED) is 0.579. The number of benzene rings is 3. The van der Waals surface area contributed by atoms with Crippen LogP contribution in [0.15, 0.2) is 77.8 Å². The first kappa shape index (κ1) is 19.1. The van der Waals surface area contributed by atoms with Gasteiger partial charge in [0.2, 0.25) is 0 Å². The number of rotatable bonds is 2. The van der Waals surface area contributed by atoms with E-state index in [0.29, 0.717) is 11.3 Å². The number of hydrogen-bond acceptors (Lipinski definition) is 3. The summed E-state index contributed by atoms with van der Waals surface area (Å²) in [6.45, 7) is 3.75. The molecule has 148 valence electrons. The van der Waals surface area contributed by atoms with Crippen molar-refractivity contribution in [2.45, 2.75) is 25.7 Å². The predicted octanol–water partition coefficient (Wildman–Crippen LogP) is 5.97. The number of nitrogens with zero attached hydrogens (tertiary/aromatic N) is 1. The lowest BCUT2D eigenvalue weighted by atomic mass is 9.99. The first-order valence-corrected chi connectivity index (χ1v) is 9.14. The molecule has 3 aromatic rings. The Morgan fingerprint density at radius 1 is 0.862 bits per heavy atom. The van der Waals surface area contributed by atoms with Crippen LogP contribution in [0.25, 0.3) is 0 Å². The number of nitrogens with one attached hydrogen (secondary N) is 1. The topological polar surface area (TPSA) is 33.6 Å². The predicted molar refractivity (Wildman–Crippen MR) is 107 cm³/mol. The van der Waals surface area contributed by atoms with E-state index in [9.17, 15) is 13.2 Å². The SMILES string of the molecule is Cc1ccc(NC2=NC(c3ccccc3)(C(F)(F)F)Oc3cc(C)ccc32)cc1. The highest BCUT2D eigenvalue weighted by atomic mass is 19.4. The molecular formula is C23H19F3N2O. The number of aryl methyl sites for hydroxylation is 2. The van der Waals surface area contributed by atoms with Crippen molar-refractivity contribution >= 4 is 11.5 Å². The minimum atomic E-state index is -4.77. The van der Waals surface area contributed by atoms with Gasteiger partial charge in [0.15, 0.2) is 0 Å². The Morgan fingerprint density at radius 3 is 2.17 bits per heavy atom. The molecule has 4 rings (SSSR count). The molecule has 0 amide bonds. The van der Waals surface area contributed by atoms with Gasteiger partial charge >= 0.3 is 11.9 Å². The Kier molecular flexibility index (Phi) is 4.57. The van der Waals surface area contributed by atoms with Gasteiger partial charge in [0.25, 0.3) is 0 Å². The summed E-state index contributed by atoms with van der Waals surface area (Å²) >= 11 is 0. The summed E-state index contributed by atoms with van der Waals surface area (Å²) < 4.78 is 48.7. The number of aliphatic imine (C=N–C) groups is 1. The average molecular weight is 396 g/mol. The van der Waals surface area contributed by atoms with Gasteiger partial charge < -0.3 is 10.1 Å². The van der Waals surface area contributed by atoms with Crippen molar-refractivity contribution in [3.8, 4) is 5.75 Å². The highest BCUT2D eigenvalue weighted by Crippen LogP contribution is 2.47. The maximum Gasteiger partial charge on any atom is 0.455 e. The van der Waals surface area contributed by atoms with Crippen molar-refractivity contribution in [1.82, 2.24) is 0 Å². The van der Waals surface area contributed by atoms with Crippen molar-refractivity contribution in [3.63, 3.8) is 0 Å². The number of halogens is 3. The van der Waals surface area contributed by atoms with Gasteiger partial charge in [-0.2, -0.15) is 13.2 Å². The van der Waals surface area contributed by atoms with Gasteiger partial charge in [-0.05, 0) is 43.7 Å². The lowest BCUT2D eigenvalue weighted by Gasteiger charge is -2.37. The second kappa shape index (κ2) is 6.95. The second-order valence-electron chi connectivity index (χ2n) is 7.06. The molecule has 0 aliphatic carbocycles. The fraction of sp³-hybridized carbons (Fsp3) is 0.174. The van der Waals surface area contributed by atoms with Crippen LogP contribution in [0.1, 0.15) is 22.3 Å². The molecular weight excluding hydrogens is 377 g/mol. The smallest absolute Gasteiger partial charge is 0.452 e. The molecule has 0 radical (unpaired) electrons. The summed E-state index contributed by atoms with van der Waals surface area (Å²) in [5.41, 5.74) is 0.0582. The number of fused-ring (bicyclic) bond motifs is 1. The van der Waals surface area contributed by atoms with Crippen LogP contribution in [-0.4, -0.2) is 12.0 Å². The zero-order valence-electron chi connectivity index (χ0n) is 15.9. The molecule has 6 heteroatoms. The normalized spacial score (nSPS) is 18.4. The fourth-order valence-electron chi connectivity index (χ4n) is 3.25. The minimum absolute atomic E-state index is 0.0807. The molecule has 3 aromatic carbocycles. The summed E-state index contributed by atoms with van der Waals surface area (Å²) in [5, 5.41) is 3.05. The molecule has 3 nitrogen and oxygen atoms in total.